The molecule has 12 heteroatoms. The minimum absolute atomic E-state index is 0. The Morgan fingerprint density at radius 3 is 2.48 bits per heavy atom. The zero-order valence-electron chi connectivity index (χ0n) is 14.1. The smallest absolute Gasteiger partial charge is 0.357 e. The quantitative estimate of drug-likeness (QED) is 0.200. The van der Waals surface area contributed by atoms with E-state index in [1.54, 1.807) is 12.1 Å². The van der Waals surface area contributed by atoms with Crippen molar-refractivity contribution in [3.05, 3.63) is 56.0 Å². The highest BCUT2D eigenvalue weighted by molar-refractivity contribution is 14.0. The number of nitrogens with zero attached hydrogens (tertiary/aromatic N) is 3. The van der Waals surface area contributed by atoms with Crippen LogP contribution in [0.3, 0.4) is 0 Å². The number of non-ortho nitro benzene ring substituents is 1. The first-order chi connectivity index (χ1) is 12.3. The second-order valence-electron chi connectivity index (χ2n) is 5.10. The van der Waals surface area contributed by atoms with E-state index in [-0.39, 0.29) is 42.8 Å². The summed E-state index contributed by atoms with van der Waals surface area (Å²) in [7, 11) is 0. The van der Waals surface area contributed by atoms with Crippen LogP contribution in [-0.2, 0) is 19.3 Å². The molecule has 0 aliphatic heterocycles. The van der Waals surface area contributed by atoms with Gasteiger partial charge in [-0.15, -0.1) is 35.3 Å². The third-order valence-corrected chi connectivity index (χ3v) is 4.01. The van der Waals surface area contributed by atoms with E-state index in [0.717, 1.165) is 22.3 Å². The summed E-state index contributed by atoms with van der Waals surface area (Å²) in [5.41, 5.74) is -0.152. The summed E-state index contributed by atoms with van der Waals surface area (Å²) in [5, 5.41) is 17.8. The zero-order chi connectivity index (χ0) is 19.2. The van der Waals surface area contributed by atoms with Crippen molar-refractivity contribution in [1.29, 1.82) is 0 Å². The summed E-state index contributed by atoms with van der Waals surface area (Å²) < 4.78 is 37.7. The average molecular weight is 515 g/mol. The molecule has 0 saturated carbocycles. The number of halogens is 4. The molecule has 0 aliphatic rings. The number of hydrogen-bond acceptors (Lipinski definition) is 5. The number of hydrogen-bond donors (Lipinski definition) is 2. The second kappa shape index (κ2) is 10.4. The molecule has 0 amide bonds. The summed E-state index contributed by atoms with van der Waals surface area (Å²) >= 11 is 0.915. The molecule has 1 heterocycles. The lowest BCUT2D eigenvalue weighted by Gasteiger charge is -2.10. The molecule has 0 bridgehead atoms. The van der Waals surface area contributed by atoms with Crippen LogP contribution in [0.25, 0.3) is 0 Å². The fourth-order valence-corrected chi connectivity index (χ4v) is 2.66. The number of nitro groups is 1. The van der Waals surface area contributed by atoms with Gasteiger partial charge in [-0.3, -0.25) is 10.1 Å². The van der Waals surface area contributed by atoms with Gasteiger partial charge < -0.3 is 10.6 Å². The predicted octanol–water partition coefficient (Wildman–Crippen LogP) is 3.94. The van der Waals surface area contributed by atoms with E-state index in [1.165, 1.54) is 12.1 Å². The van der Waals surface area contributed by atoms with Gasteiger partial charge in [0.05, 0.1) is 18.0 Å². The third kappa shape index (κ3) is 7.28. The highest BCUT2D eigenvalue weighted by atomic mass is 127. The first-order valence-corrected chi connectivity index (χ1v) is 8.44. The lowest BCUT2D eigenvalue weighted by Crippen LogP contribution is -2.36. The number of benzene rings is 1. The van der Waals surface area contributed by atoms with Crippen molar-refractivity contribution in [2.75, 3.05) is 6.54 Å². The first kappa shape index (κ1) is 23.1. The fourth-order valence-electron chi connectivity index (χ4n) is 1.92. The lowest BCUT2D eigenvalue weighted by molar-refractivity contribution is -0.384. The van der Waals surface area contributed by atoms with Gasteiger partial charge in [-0.1, -0.05) is 12.1 Å². The molecule has 1 aromatic heterocycles. The Hall–Kier alpha value is -1.96. The van der Waals surface area contributed by atoms with E-state index in [2.05, 4.69) is 20.6 Å². The number of nitro benzene ring substituents is 1. The predicted molar refractivity (Wildman–Crippen MR) is 107 cm³/mol. The number of aliphatic imine (C=N–C) groups is 1. The van der Waals surface area contributed by atoms with Crippen LogP contribution in [0.2, 0.25) is 0 Å². The minimum atomic E-state index is -4.46. The third-order valence-electron chi connectivity index (χ3n) is 3.16. The fraction of sp³-hybridized carbons (Fsp3) is 0.333. The molecule has 0 atom stereocenters. The van der Waals surface area contributed by atoms with Crippen molar-refractivity contribution in [2.24, 2.45) is 4.99 Å². The van der Waals surface area contributed by atoms with Crippen molar-refractivity contribution in [2.45, 2.75) is 26.2 Å². The van der Waals surface area contributed by atoms with Gasteiger partial charge in [0.1, 0.15) is 5.01 Å². The molecular formula is C15H17F3IN5O2S. The molecule has 0 unspecified atom stereocenters. The van der Waals surface area contributed by atoms with Crippen molar-refractivity contribution in [3.63, 3.8) is 0 Å². The van der Waals surface area contributed by atoms with E-state index in [9.17, 15) is 23.3 Å². The van der Waals surface area contributed by atoms with Crippen LogP contribution in [-0.4, -0.2) is 22.4 Å². The maximum Gasteiger partial charge on any atom is 0.434 e. The Morgan fingerprint density at radius 1 is 1.30 bits per heavy atom. The zero-order valence-corrected chi connectivity index (χ0v) is 17.3. The highest BCUT2D eigenvalue weighted by Crippen LogP contribution is 2.29. The molecule has 0 saturated heterocycles. The number of alkyl halides is 3. The van der Waals surface area contributed by atoms with Crippen molar-refractivity contribution < 1.29 is 18.1 Å². The van der Waals surface area contributed by atoms with Crippen molar-refractivity contribution in [3.8, 4) is 0 Å². The first-order valence-electron chi connectivity index (χ1n) is 7.56. The Balaban J connectivity index is 0.00000364. The van der Waals surface area contributed by atoms with Crippen LogP contribution in [0.5, 0.6) is 0 Å². The summed E-state index contributed by atoms with van der Waals surface area (Å²) in [6.07, 6.45) is -4.46. The molecule has 2 aromatic rings. The molecule has 0 fully saturated rings. The van der Waals surface area contributed by atoms with Crippen molar-refractivity contribution in [1.82, 2.24) is 15.6 Å². The second-order valence-corrected chi connectivity index (χ2v) is 6.04. The Morgan fingerprint density at radius 2 is 1.96 bits per heavy atom. The van der Waals surface area contributed by atoms with E-state index < -0.39 is 16.8 Å². The highest BCUT2D eigenvalue weighted by Gasteiger charge is 2.33. The number of rotatable bonds is 6. The van der Waals surface area contributed by atoms with Gasteiger partial charge in [-0.25, -0.2) is 9.98 Å². The van der Waals surface area contributed by atoms with Gasteiger partial charge in [-0.05, 0) is 12.5 Å². The Kier molecular flexibility index (Phi) is 8.88. The molecule has 7 nitrogen and oxygen atoms in total. The summed E-state index contributed by atoms with van der Waals surface area (Å²) in [6.45, 7) is 2.79. The van der Waals surface area contributed by atoms with Crippen LogP contribution >= 0.6 is 35.3 Å². The number of guanidine groups is 1. The SMILES string of the molecule is CCNC(=NCc1ccc([N+](=O)[O-])cc1)NCc1nc(C(F)(F)F)cs1.I. The normalized spacial score (nSPS) is 11.6. The molecule has 0 aliphatic carbocycles. The molecule has 0 spiro atoms. The monoisotopic (exact) mass is 515 g/mol. The molecule has 2 rings (SSSR count). The molecule has 2 N–H and O–H groups in total. The van der Waals surface area contributed by atoms with Crippen molar-refractivity contribution >= 4 is 47.0 Å². The van der Waals surface area contributed by atoms with Crippen LogP contribution in [0.1, 0.15) is 23.2 Å². The van der Waals surface area contributed by atoms with Crippen LogP contribution in [0.4, 0.5) is 18.9 Å². The largest absolute Gasteiger partial charge is 0.434 e. The molecular weight excluding hydrogens is 498 g/mol. The summed E-state index contributed by atoms with van der Waals surface area (Å²) in [5.74, 6) is 0.412. The Labute approximate surface area is 174 Å². The van der Waals surface area contributed by atoms with E-state index in [0.29, 0.717) is 17.5 Å². The standard InChI is InChI=1S/C15H16F3N5O2S.HI/c1-2-19-14(20-7-10-3-5-11(6-4-10)23(24)25)21-8-13-22-12(9-26-13)15(16,17)18;/h3-6,9H,2,7-8H2,1H3,(H2,19,20,21);1H. The number of aromatic nitrogens is 1. The van der Waals surface area contributed by atoms with Crippen LogP contribution in [0, 0.1) is 10.1 Å². The van der Waals surface area contributed by atoms with Gasteiger partial charge in [0.25, 0.3) is 5.69 Å². The Bertz CT molecular complexity index is 781. The number of nitrogens with one attached hydrogen (secondary N) is 2. The van der Waals surface area contributed by atoms with E-state index >= 15 is 0 Å². The van der Waals surface area contributed by atoms with Gasteiger partial charge in [0.15, 0.2) is 11.7 Å². The van der Waals surface area contributed by atoms with Gasteiger partial charge in [-0.2, -0.15) is 13.2 Å². The minimum Gasteiger partial charge on any atom is -0.357 e. The van der Waals surface area contributed by atoms with Gasteiger partial charge >= 0.3 is 6.18 Å². The molecule has 0 radical (unpaired) electrons. The topological polar surface area (TPSA) is 92.5 Å². The van der Waals surface area contributed by atoms with Gasteiger partial charge in [0, 0.05) is 24.1 Å². The van der Waals surface area contributed by atoms with Crippen LogP contribution in [0.15, 0.2) is 34.6 Å². The average Bonchev–Trinajstić information content (AvgIpc) is 3.07. The van der Waals surface area contributed by atoms with Gasteiger partial charge in [0.2, 0.25) is 0 Å². The summed E-state index contributed by atoms with van der Waals surface area (Å²) in [6, 6.07) is 5.97. The summed E-state index contributed by atoms with van der Waals surface area (Å²) in [4.78, 5) is 18.0. The lowest BCUT2D eigenvalue weighted by atomic mass is 10.2. The van der Waals surface area contributed by atoms with E-state index in [4.69, 9.17) is 0 Å². The molecule has 1 aromatic carbocycles. The van der Waals surface area contributed by atoms with E-state index in [1.807, 2.05) is 6.92 Å². The maximum atomic E-state index is 12.6. The van der Waals surface area contributed by atoms with Crippen LogP contribution < -0.4 is 10.6 Å². The maximum absolute atomic E-state index is 12.6. The molecule has 27 heavy (non-hydrogen) atoms. The number of thiazole rings is 1. The molecule has 148 valence electrons.